The molecule has 4 nitrogen and oxygen atoms in total. The second-order valence-electron chi connectivity index (χ2n) is 5.51. The van der Waals surface area contributed by atoms with Crippen molar-refractivity contribution in [2.24, 2.45) is 5.92 Å². The van der Waals surface area contributed by atoms with E-state index in [1.165, 1.54) is 5.69 Å². The summed E-state index contributed by atoms with van der Waals surface area (Å²) in [4.78, 5) is 7.00. The predicted molar refractivity (Wildman–Crippen MR) is 83.3 cm³/mol. The fraction of sp³-hybridized carbons (Fsp3) is 0.412. The summed E-state index contributed by atoms with van der Waals surface area (Å²) in [6.07, 6.45) is 0.706. The van der Waals surface area contributed by atoms with E-state index in [-0.39, 0.29) is 5.92 Å². The highest BCUT2D eigenvalue weighted by molar-refractivity contribution is 5.82. The Bertz CT molecular complexity index is 671. The quantitative estimate of drug-likeness (QED) is 0.868. The summed E-state index contributed by atoms with van der Waals surface area (Å²) >= 11 is 0. The summed E-state index contributed by atoms with van der Waals surface area (Å²) in [5.41, 5.74) is 3.20. The van der Waals surface area contributed by atoms with Crippen molar-refractivity contribution < 1.29 is 4.74 Å². The molecule has 1 unspecified atom stereocenters. The number of aromatic nitrogens is 1. The Balaban J connectivity index is 1.85. The summed E-state index contributed by atoms with van der Waals surface area (Å²) in [5.74, 6) is 0.00238. The highest BCUT2D eigenvalue weighted by Gasteiger charge is 2.12. The largest absolute Gasteiger partial charge is 0.378 e. The maximum absolute atomic E-state index is 8.90. The summed E-state index contributed by atoms with van der Waals surface area (Å²) < 4.78 is 5.39. The van der Waals surface area contributed by atoms with Gasteiger partial charge in [-0.1, -0.05) is 6.07 Å². The molecule has 1 aromatic carbocycles. The van der Waals surface area contributed by atoms with Crippen molar-refractivity contribution in [3.63, 3.8) is 0 Å². The molecule has 1 aliphatic rings. The average molecular weight is 281 g/mol. The molecule has 21 heavy (non-hydrogen) atoms. The van der Waals surface area contributed by atoms with E-state index in [1.54, 1.807) is 0 Å². The lowest BCUT2D eigenvalue weighted by Crippen LogP contribution is -2.36. The van der Waals surface area contributed by atoms with Crippen LogP contribution in [0.2, 0.25) is 0 Å². The van der Waals surface area contributed by atoms with Crippen LogP contribution in [0.5, 0.6) is 0 Å². The maximum Gasteiger partial charge on any atom is 0.0706 e. The van der Waals surface area contributed by atoms with Crippen LogP contribution in [0.1, 0.15) is 12.6 Å². The van der Waals surface area contributed by atoms with E-state index in [4.69, 9.17) is 10.00 Å². The number of nitrogens with zero attached hydrogens (tertiary/aromatic N) is 3. The molecule has 0 N–H and O–H groups in total. The van der Waals surface area contributed by atoms with Gasteiger partial charge in [-0.15, -0.1) is 0 Å². The first-order chi connectivity index (χ1) is 10.3. The number of fused-ring (bicyclic) bond motifs is 1. The van der Waals surface area contributed by atoms with Gasteiger partial charge < -0.3 is 9.64 Å². The summed E-state index contributed by atoms with van der Waals surface area (Å²) in [6, 6.07) is 12.8. The van der Waals surface area contributed by atoms with Crippen molar-refractivity contribution in [1.29, 1.82) is 5.26 Å². The Morgan fingerprint density at radius 3 is 2.86 bits per heavy atom. The molecule has 1 aliphatic heterocycles. The number of morpholine rings is 1. The highest BCUT2D eigenvalue weighted by atomic mass is 16.5. The van der Waals surface area contributed by atoms with Gasteiger partial charge in [0, 0.05) is 42.2 Å². The Morgan fingerprint density at radius 1 is 1.29 bits per heavy atom. The minimum atomic E-state index is 0.00238. The van der Waals surface area contributed by atoms with Gasteiger partial charge >= 0.3 is 0 Å². The van der Waals surface area contributed by atoms with Crippen LogP contribution in [0, 0.1) is 17.2 Å². The Hall–Kier alpha value is -2.12. The van der Waals surface area contributed by atoms with Crippen molar-refractivity contribution in [1.82, 2.24) is 4.98 Å². The van der Waals surface area contributed by atoms with Crippen molar-refractivity contribution in [3.8, 4) is 6.07 Å². The van der Waals surface area contributed by atoms with Gasteiger partial charge in [-0.25, -0.2) is 0 Å². The number of rotatable bonds is 3. The molecular weight excluding hydrogens is 262 g/mol. The molecule has 2 heterocycles. The van der Waals surface area contributed by atoms with E-state index in [1.807, 2.05) is 13.0 Å². The molecule has 0 radical (unpaired) electrons. The molecule has 1 fully saturated rings. The fourth-order valence-corrected chi connectivity index (χ4v) is 2.65. The third-order valence-electron chi connectivity index (χ3n) is 3.84. The lowest BCUT2D eigenvalue weighted by atomic mass is 10.1. The van der Waals surface area contributed by atoms with Crippen LogP contribution in [0.25, 0.3) is 10.9 Å². The van der Waals surface area contributed by atoms with Crippen LogP contribution in [0.15, 0.2) is 30.3 Å². The molecule has 108 valence electrons. The van der Waals surface area contributed by atoms with Gasteiger partial charge in [0.15, 0.2) is 0 Å². The zero-order valence-electron chi connectivity index (χ0n) is 12.2. The summed E-state index contributed by atoms with van der Waals surface area (Å²) in [7, 11) is 0. The molecule has 1 atom stereocenters. The zero-order chi connectivity index (χ0) is 14.7. The van der Waals surface area contributed by atoms with Crippen LogP contribution < -0.4 is 4.90 Å². The second-order valence-corrected chi connectivity index (χ2v) is 5.51. The molecule has 0 saturated carbocycles. The van der Waals surface area contributed by atoms with Gasteiger partial charge in [0.05, 0.1) is 24.8 Å². The third-order valence-corrected chi connectivity index (χ3v) is 3.84. The SMILES string of the molecule is CC(C#N)Cc1ccc2cc(N3CCOCC3)ccc2n1. The zero-order valence-corrected chi connectivity index (χ0v) is 12.2. The Labute approximate surface area is 125 Å². The number of anilines is 1. The average Bonchev–Trinajstić information content (AvgIpc) is 2.55. The van der Waals surface area contributed by atoms with E-state index >= 15 is 0 Å². The van der Waals surface area contributed by atoms with E-state index in [9.17, 15) is 0 Å². The Morgan fingerprint density at radius 2 is 2.10 bits per heavy atom. The van der Waals surface area contributed by atoms with Gasteiger partial charge in [-0.05, 0) is 31.2 Å². The first-order valence-corrected chi connectivity index (χ1v) is 7.38. The normalized spacial score (nSPS) is 16.7. The summed E-state index contributed by atoms with van der Waals surface area (Å²) in [6.45, 7) is 5.39. The monoisotopic (exact) mass is 281 g/mol. The van der Waals surface area contributed by atoms with Gasteiger partial charge in [0.2, 0.25) is 0 Å². The Kier molecular flexibility index (Phi) is 4.03. The van der Waals surface area contributed by atoms with E-state index < -0.39 is 0 Å². The first-order valence-electron chi connectivity index (χ1n) is 7.38. The maximum atomic E-state index is 8.90. The third kappa shape index (κ3) is 3.14. The van der Waals surface area contributed by atoms with E-state index in [2.05, 4.69) is 40.2 Å². The minimum Gasteiger partial charge on any atom is -0.378 e. The van der Waals surface area contributed by atoms with Crippen LogP contribution in [-0.4, -0.2) is 31.3 Å². The fourth-order valence-electron chi connectivity index (χ4n) is 2.65. The second kappa shape index (κ2) is 6.11. The molecule has 0 aliphatic carbocycles. The number of nitriles is 1. The van der Waals surface area contributed by atoms with Crippen LogP contribution >= 0.6 is 0 Å². The van der Waals surface area contributed by atoms with Crippen LogP contribution in [0.3, 0.4) is 0 Å². The van der Waals surface area contributed by atoms with Gasteiger partial charge in [-0.3, -0.25) is 4.98 Å². The first kappa shape index (κ1) is 13.8. The number of ether oxygens (including phenoxy) is 1. The molecule has 0 amide bonds. The lowest BCUT2D eigenvalue weighted by Gasteiger charge is -2.29. The lowest BCUT2D eigenvalue weighted by molar-refractivity contribution is 0.122. The van der Waals surface area contributed by atoms with Crippen LogP contribution in [-0.2, 0) is 11.2 Å². The number of hydrogen-bond donors (Lipinski definition) is 0. The summed E-state index contributed by atoms with van der Waals surface area (Å²) in [5, 5.41) is 10.0. The van der Waals surface area contributed by atoms with Crippen LogP contribution in [0.4, 0.5) is 5.69 Å². The van der Waals surface area contributed by atoms with Crippen molar-refractivity contribution in [2.45, 2.75) is 13.3 Å². The van der Waals surface area contributed by atoms with Gasteiger partial charge in [0.25, 0.3) is 0 Å². The molecule has 2 aromatic rings. The van der Waals surface area contributed by atoms with Crippen molar-refractivity contribution >= 4 is 16.6 Å². The standard InChI is InChI=1S/C17H19N3O/c1-13(12-18)10-15-3-2-14-11-16(4-5-17(14)19-15)20-6-8-21-9-7-20/h2-5,11,13H,6-10H2,1H3. The van der Waals surface area contributed by atoms with Gasteiger partial charge in [0.1, 0.15) is 0 Å². The number of benzene rings is 1. The van der Waals surface area contributed by atoms with E-state index in [0.29, 0.717) is 6.42 Å². The van der Waals surface area contributed by atoms with Crippen molar-refractivity contribution in [2.75, 3.05) is 31.2 Å². The topological polar surface area (TPSA) is 49.2 Å². The number of hydrogen-bond acceptors (Lipinski definition) is 4. The molecule has 4 heteroatoms. The molecule has 1 aromatic heterocycles. The van der Waals surface area contributed by atoms with Gasteiger partial charge in [-0.2, -0.15) is 5.26 Å². The molecule has 3 rings (SSSR count). The molecule has 0 spiro atoms. The number of pyridine rings is 1. The molecule has 0 bridgehead atoms. The molecular formula is C17H19N3O. The predicted octanol–water partition coefficient (Wildman–Crippen LogP) is 2.77. The van der Waals surface area contributed by atoms with Crippen molar-refractivity contribution in [3.05, 3.63) is 36.0 Å². The highest BCUT2D eigenvalue weighted by Crippen LogP contribution is 2.22. The molecule has 1 saturated heterocycles. The minimum absolute atomic E-state index is 0.00238. The smallest absolute Gasteiger partial charge is 0.0706 e. The van der Waals surface area contributed by atoms with E-state index in [0.717, 1.165) is 42.9 Å².